The van der Waals surface area contributed by atoms with Gasteiger partial charge in [-0.25, -0.2) is 0 Å². The van der Waals surface area contributed by atoms with Gasteiger partial charge in [-0.2, -0.15) is 0 Å². The highest BCUT2D eigenvalue weighted by Gasteiger charge is 2.07. The molecule has 0 unspecified atom stereocenters. The van der Waals surface area contributed by atoms with Crippen molar-refractivity contribution in [1.82, 2.24) is 5.32 Å². The first-order chi connectivity index (χ1) is 12.2. The van der Waals surface area contributed by atoms with Crippen molar-refractivity contribution in [3.63, 3.8) is 0 Å². The molecule has 1 N–H and O–H groups in total. The van der Waals surface area contributed by atoms with E-state index in [1.807, 2.05) is 66.7 Å². The van der Waals surface area contributed by atoms with Crippen LogP contribution in [0.2, 0.25) is 0 Å². The molecule has 1 amide bonds. The van der Waals surface area contributed by atoms with Crippen LogP contribution in [0.4, 0.5) is 0 Å². The van der Waals surface area contributed by atoms with E-state index in [-0.39, 0.29) is 12.5 Å². The Balaban J connectivity index is 1.55. The molecule has 0 saturated heterocycles. The summed E-state index contributed by atoms with van der Waals surface area (Å²) in [5.41, 5.74) is 3.29. The van der Waals surface area contributed by atoms with E-state index in [0.29, 0.717) is 12.3 Å². The van der Waals surface area contributed by atoms with Crippen LogP contribution < -0.4 is 10.1 Å². The Labute approximate surface area is 155 Å². The molecular weight excluding hydrogens is 378 g/mol. The molecule has 3 nitrogen and oxygen atoms in total. The van der Waals surface area contributed by atoms with Crippen molar-refractivity contribution in [2.45, 2.75) is 6.54 Å². The number of halogens is 1. The lowest BCUT2D eigenvalue weighted by Gasteiger charge is -2.10. The smallest absolute Gasteiger partial charge is 0.258 e. The van der Waals surface area contributed by atoms with Crippen molar-refractivity contribution in [1.29, 1.82) is 0 Å². The zero-order valence-electron chi connectivity index (χ0n) is 13.6. The number of rotatable bonds is 6. The van der Waals surface area contributed by atoms with Gasteiger partial charge in [0.05, 0.1) is 4.47 Å². The zero-order valence-corrected chi connectivity index (χ0v) is 15.2. The second-order valence-electron chi connectivity index (χ2n) is 5.56. The summed E-state index contributed by atoms with van der Waals surface area (Å²) in [6, 6.07) is 25.7. The molecule has 0 aliphatic rings. The molecule has 0 aliphatic heterocycles. The molecule has 0 spiro atoms. The monoisotopic (exact) mass is 395 g/mol. The average molecular weight is 396 g/mol. The second kappa shape index (κ2) is 8.49. The molecule has 0 bridgehead atoms. The fraction of sp³-hybridized carbons (Fsp3) is 0.0952. The molecule has 3 aromatic rings. The molecule has 0 radical (unpaired) electrons. The maximum atomic E-state index is 11.9. The minimum absolute atomic E-state index is 0.0177. The number of hydrogen-bond acceptors (Lipinski definition) is 2. The van der Waals surface area contributed by atoms with E-state index in [2.05, 4.69) is 33.4 Å². The number of carbonyl (C=O) groups is 1. The van der Waals surface area contributed by atoms with Gasteiger partial charge in [0.2, 0.25) is 0 Å². The van der Waals surface area contributed by atoms with Gasteiger partial charge in [0.1, 0.15) is 5.75 Å². The molecule has 0 saturated carbocycles. The van der Waals surface area contributed by atoms with Gasteiger partial charge in [0.15, 0.2) is 6.61 Å². The largest absolute Gasteiger partial charge is 0.483 e. The average Bonchev–Trinajstić information content (AvgIpc) is 2.67. The maximum Gasteiger partial charge on any atom is 0.258 e. The lowest BCUT2D eigenvalue weighted by atomic mass is 10.1. The van der Waals surface area contributed by atoms with Crippen LogP contribution in [-0.2, 0) is 11.3 Å². The summed E-state index contributed by atoms with van der Waals surface area (Å²) in [6.07, 6.45) is 0. The van der Waals surface area contributed by atoms with Crippen molar-refractivity contribution in [3.8, 4) is 16.9 Å². The Morgan fingerprint density at radius 3 is 2.24 bits per heavy atom. The number of carbonyl (C=O) groups excluding carboxylic acids is 1. The Bertz CT molecular complexity index is 835. The Morgan fingerprint density at radius 2 is 1.56 bits per heavy atom. The summed E-state index contributed by atoms with van der Waals surface area (Å²) in [4.78, 5) is 11.9. The molecule has 0 heterocycles. The van der Waals surface area contributed by atoms with Crippen LogP contribution in [0.3, 0.4) is 0 Å². The highest BCUT2D eigenvalue weighted by atomic mass is 79.9. The Hall–Kier alpha value is -2.59. The highest BCUT2D eigenvalue weighted by molar-refractivity contribution is 9.10. The number of amides is 1. The first-order valence-electron chi connectivity index (χ1n) is 8.01. The molecular formula is C21H18BrNO2. The predicted octanol–water partition coefficient (Wildman–Crippen LogP) is 4.81. The minimum atomic E-state index is -0.150. The van der Waals surface area contributed by atoms with Gasteiger partial charge in [-0.3, -0.25) is 4.79 Å². The van der Waals surface area contributed by atoms with Crippen LogP contribution in [0.5, 0.6) is 5.75 Å². The highest BCUT2D eigenvalue weighted by Crippen LogP contribution is 2.30. The van der Waals surface area contributed by atoms with Crippen molar-refractivity contribution in [2.75, 3.05) is 6.61 Å². The number of ether oxygens (including phenoxy) is 1. The van der Waals surface area contributed by atoms with Crippen molar-refractivity contribution in [3.05, 3.63) is 88.9 Å². The maximum absolute atomic E-state index is 11.9. The quantitative estimate of drug-likeness (QED) is 0.650. The molecule has 126 valence electrons. The minimum Gasteiger partial charge on any atom is -0.483 e. The summed E-state index contributed by atoms with van der Waals surface area (Å²) in [7, 11) is 0. The molecule has 0 fully saturated rings. The first kappa shape index (κ1) is 17.2. The third-order valence-electron chi connectivity index (χ3n) is 3.73. The van der Waals surface area contributed by atoms with E-state index in [4.69, 9.17) is 4.74 Å². The van der Waals surface area contributed by atoms with Gasteiger partial charge in [0.25, 0.3) is 5.91 Å². The number of hydrogen-bond donors (Lipinski definition) is 1. The molecule has 3 aromatic carbocycles. The topological polar surface area (TPSA) is 38.3 Å². The van der Waals surface area contributed by atoms with Gasteiger partial charge in [0, 0.05) is 6.54 Å². The first-order valence-corrected chi connectivity index (χ1v) is 8.80. The Morgan fingerprint density at radius 1 is 0.880 bits per heavy atom. The fourth-order valence-corrected chi connectivity index (χ4v) is 2.91. The fourth-order valence-electron chi connectivity index (χ4n) is 2.42. The molecule has 3 rings (SSSR count). The van der Waals surface area contributed by atoms with Crippen LogP contribution >= 0.6 is 15.9 Å². The van der Waals surface area contributed by atoms with Crippen LogP contribution in [0, 0.1) is 0 Å². The standard InChI is InChI=1S/C21H18BrNO2/c22-19-13-18(17-9-5-2-6-10-17)11-12-20(19)25-15-21(24)23-14-16-7-3-1-4-8-16/h1-13H,14-15H2,(H,23,24). The Kier molecular flexibility index (Phi) is 5.86. The van der Waals surface area contributed by atoms with Gasteiger partial charge in [-0.05, 0) is 44.8 Å². The van der Waals surface area contributed by atoms with Crippen LogP contribution in [0.1, 0.15) is 5.56 Å². The molecule has 25 heavy (non-hydrogen) atoms. The van der Waals surface area contributed by atoms with Crippen LogP contribution in [0.15, 0.2) is 83.3 Å². The summed E-state index contributed by atoms with van der Waals surface area (Å²) in [5, 5.41) is 2.85. The van der Waals surface area contributed by atoms with Gasteiger partial charge >= 0.3 is 0 Å². The number of benzene rings is 3. The van der Waals surface area contributed by atoms with E-state index in [0.717, 1.165) is 21.2 Å². The van der Waals surface area contributed by atoms with E-state index < -0.39 is 0 Å². The van der Waals surface area contributed by atoms with Crippen molar-refractivity contribution in [2.24, 2.45) is 0 Å². The summed E-state index contributed by atoms with van der Waals surface area (Å²) in [6.45, 7) is 0.479. The lowest BCUT2D eigenvalue weighted by Crippen LogP contribution is -2.28. The van der Waals surface area contributed by atoms with Crippen molar-refractivity contribution < 1.29 is 9.53 Å². The number of nitrogens with one attached hydrogen (secondary N) is 1. The third kappa shape index (κ3) is 4.94. The van der Waals surface area contributed by atoms with Crippen LogP contribution in [-0.4, -0.2) is 12.5 Å². The zero-order chi connectivity index (χ0) is 17.5. The molecule has 0 aliphatic carbocycles. The lowest BCUT2D eigenvalue weighted by molar-refractivity contribution is -0.123. The van der Waals surface area contributed by atoms with Gasteiger partial charge in [-0.1, -0.05) is 66.7 Å². The predicted molar refractivity (Wildman–Crippen MR) is 103 cm³/mol. The van der Waals surface area contributed by atoms with E-state index >= 15 is 0 Å². The SMILES string of the molecule is O=C(COc1ccc(-c2ccccc2)cc1Br)NCc1ccccc1. The molecule has 0 atom stereocenters. The van der Waals surface area contributed by atoms with Gasteiger partial charge < -0.3 is 10.1 Å². The third-order valence-corrected chi connectivity index (χ3v) is 4.35. The molecule has 0 aromatic heterocycles. The summed E-state index contributed by atoms with van der Waals surface area (Å²) in [5.74, 6) is 0.498. The summed E-state index contributed by atoms with van der Waals surface area (Å²) < 4.78 is 6.44. The normalized spacial score (nSPS) is 10.3. The van der Waals surface area contributed by atoms with E-state index in [1.165, 1.54) is 0 Å². The van der Waals surface area contributed by atoms with Gasteiger partial charge in [-0.15, -0.1) is 0 Å². The van der Waals surface area contributed by atoms with Crippen molar-refractivity contribution >= 4 is 21.8 Å². The van der Waals surface area contributed by atoms with Crippen LogP contribution in [0.25, 0.3) is 11.1 Å². The molecule has 4 heteroatoms. The van der Waals surface area contributed by atoms with E-state index in [1.54, 1.807) is 0 Å². The van der Waals surface area contributed by atoms with E-state index in [9.17, 15) is 4.79 Å². The summed E-state index contributed by atoms with van der Waals surface area (Å²) >= 11 is 3.51. The second-order valence-corrected chi connectivity index (χ2v) is 6.42.